The van der Waals surface area contributed by atoms with Crippen LogP contribution in [0.3, 0.4) is 0 Å². The molecule has 1 aromatic carbocycles. The van der Waals surface area contributed by atoms with Crippen LogP contribution in [0.4, 0.5) is 15.0 Å². The Morgan fingerprint density at radius 1 is 1.15 bits per heavy atom. The molecule has 3 atom stereocenters. The van der Waals surface area contributed by atoms with Crippen LogP contribution in [0.15, 0.2) is 23.4 Å². The van der Waals surface area contributed by atoms with E-state index in [1.807, 2.05) is 26.8 Å². The predicted octanol–water partition coefficient (Wildman–Crippen LogP) is 4.09. The Hall–Kier alpha value is -2.59. The highest BCUT2D eigenvalue weighted by Crippen LogP contribution is 2.47. The van der Waals surface area contributed by atoms with Gasteiger partial charge in [0.25, 0.3) is 0 Å². The minimum atomic E-state index is -1.34. The molecule has 2 aromatic rings. The highest BCUT2D eigenvalue weighted by Gasteiger charge is 2.41. The zero-order valence-electron chi connectivity index (χ0n) is 23.6. The topological polar surface area (TPSA) is 84.9 Å². The summed E-state index contributed by atoms with van der Waals surface area (Å²) in [7, 11) is 0.287. The Morgan fingerprint density at radius 3 is 2.59 bits per heavy atom. The van der Waals surface area contributed by atoms with Gasteiger partial charge in [-0.05, 0) is 81.9 Å². The second-order valence-corrected chi connectivity index (χ2v) is 13.4. The molecule has 1 saturated heterocycles. The molecule has 3 aliphatic rings. The molecule has 0 radical (unpaired) electrons. The highest BCUT2D eigenvalue weighted by molar-refractivity contribution is 7.84. The minimum Gasteiger partial charge on any atom is -0.444 e. The maximum atomic E-state index is 14.4. The van der Waals surface area contributed by atoms with Gasteiger partial charge in [-0.3, -0.25) is 9.11 Å². The van der Waals surface area contributed by atoms with Gasteiger partial charge < -0.3 is 14.4 Å². The summed E-state index contributed by atoms with van der Waals surface area (Å²) >= 11 is 0. The average molecular weight is 559 g/mol. The van der Waals surface area contributed by atoms with Crippen LogP contribution in [0.1, 0.15) is 56.0 Å². The van der Waals surface area contributed by atoms with Crippen LogP contribution >= 0.6 is 0 Å². The number of carbonyl (C=O) groups excluding carboxylic acids is 1. The van der Waals surface area contributed by atoms with Crippen LogP contribution in [0.25, 0.3) is 0 Å². The Balaban J connectivity index is 1.43. The van der Waals surface area contributed by atoms with Crippen LogP contribution in [-0.2, 0) is 46.0 Å². The van der Waals surface area contributed by atoms with Crippen molar-refractivity contribution in [3.63, 3.8) is 0 Å². The monoisotopic (exact) mass is 558 g/mol. The molecular formula is C29H39FN4O4S. The van der Waals surface area contributed by atoms with Crippen molar-refractivity contribution >= 4 is 22.7 Å². The van der Waals surface area contributed by atoms with Crippen LogP contribution in [0.5, 0.6) is 0 Å². The standard InChI is InChI=1S/C29H39FN4O4S/c1-28(2,3)38-27(35)34-14-13-33(17-20(34)18-37-4)25-22-10-12-29(16-24(22)31-26(32-25)39(5)36)11-9-21-19(15-29)7-6-8-23(21)30/h6-8,20H,9-18H2,1-5H3/t20?,29-,39?/m0/s1. The SMILES string of the molecule is COCC1CN(c2nc(S(C)=O)nc3c2CC[C@]2(CCc4c(F)cccc4C2)C3)CCN1C(=O)OC(C)(C)C. The van der Waals surface area contributed by atoms with Crippen LogP contribution < -0.4 is 4.90 Å². The van der Waals surface area contributed by atoms with E-state index in [0.29, 0.717) is 31.4 Å². The summed E-state index contributed by atoms with van der Waals surface area (Å²) in [6, 6.07) is 5.19. The molecule has 0 N–H and O–H groups in total. The molecule has 5 rings (SSSR count). The van der Waals surface area contributed by atoms with Crippen molar-refractivity contribution in [1.82, 2.24) is 14.9 Å². The molecule has 212 valence electrons. The number of hydrogen-bond donors (Lipinski definition) is 0. The zero-order valence-corrected chi connectivity index (χ0v) is 24.4. The van der Waals surface area contributed by atoms with E-state index < -0.39 is 16.4 Å². The quantitative estimate of drug-likeness (QED) is 0.523. The van der Waals surface area contributed by atoms with Crippen molar-refractivity contribution in [2.45, 2.75) is 76.1 Å². The van der Waals surface area contributed by atoms with Gasteiger partial charge in [-0.2, -0.15) is 0 Å². The molecule has 1 amide bonds. The molecule has 0 bridgehead atoms. The number of ether oxygens (including phenoxy) is 2. The molecule has 8 nitrogen and oxygen atoms in total. The third-order valence-corrected chi connectivity index (χ3v) is 8.91. The number of halogens is 1. The Kier molecular flexibility index (Phi) is 7.72. The van der Waals surface area contributed by atoms with Gasteiger partial charge in [0, 0.05) is 38.6 Å². The van der Waals surface area contributed by atoms with Gasteiger partial charge in [0.05, 0.1) is 29.1 Å². The van der Waals surface area contributed by atoms with E-state index in [2.05, 4.69) is 4.90 Å². The first-order chi connectivity index (χ1) is 18.5. The van der Waals surface area contributed by atoms with Crippen molar-refractivity contribution in [3.05, 3.63) is 46.4 Å². The number of aromatic nitrogens is 2. The van der Waals surface area contributed by atoms with Gasteiger partial charge in [0.15, 0.2) is 0 Å². The van der Waals surface area contributed by atoms with Gasteiger partial charge in [-0.15, -0.1) is 0 Å². The largest absolute Gasteiger partial charge is 0.444 e. The lowest BCUT2D eigenvalue weighted by Gasteiger charge is -2.44. The third-order valence-electron chi connectivity index (χ3n) is 8.21. The fraction of sp³-hybridized carbons (Fsp3) is 0.621. The van der Waals surface area contributed by atoms with E-state index in [4.69, 9.17) is 19.4 Å². The molecule has 0 saturated carbocycles. The number of methoxy groups -OCH3 is 1. The summed E-state index contributed by atoms with van der Waals surface area (Å²) in [5.74, 6) is 0.704. The maximum Gasteiger partial charge on any atom is 0.410 e. The molecule has 1 aliphatic heterocycles. The summed E-state index contributed by atoms with van der Waals surface area (Å²) in [4.78, 5) is 26.5. The number of nitrogens with zero attached hydrogens (tertiary/aromatic N) is 4. The number of benzene rings is 1. The molecule has 10 heteroatoms. The van der Waals surface area contributed by atoms with E-state index in [-0.39, 0.29) is 23.4 Å². The molecule has 1 fully saturated rings. The van der Waals surface area contributed by atoms with Gasteiger partial charge in [0.2, 0.25) is 5.16 Å². The van der Waals surface area contributed by atoms with Gasteiger partial charge in [0.1, 0.15) is 17.2 Å². The van der Waals surface area contributed by atoms with E-state index in [1.54, 1.807) is 30.4 Å². The van der Waals surface area contributed by atoms with E-state index in [0.717, 1.165) is 66.7 Å². The van der Waals surface area contributed by atoms with E-state index in [9.17, 15) is 13.4 Å². The second-order valence-electron chi connectivity index (χ2n) is 12.2. The van der Waals surface area contributed by atoms with Crippen molar-refractivity contribution in [1.29, 1.82) is 0 Å². The molecule has 1 spiro atoms. The lowest BCUT2D eigenvalue weighted by atomic mass is 9.63. The molecule has 39 heavy (non-hydrogen) atoms. The van der Waals surface area contributed by atoms with Crippen LogP contribution in [-0.4, -0.2) is 76.4 Å². The van der Waals surface area contributed by atoms with Crippen molar-refractivity contribution in [3.8, 4) is 0 Å². The molecular weight excluding hydrogens is 519 g/mol. The normalized spacial score (nSPS) is 23.8. The Morgan fingerprint density at radius 2 is 1.90 bits per heavy atom. The number of hydrogen-bond acceptors (Lipinski definition) is 7. The molecule has 1 aromatic heterocycles. The minimum absolute atomic E-state index is 0.0138. The second kappa shape index (κ2) is 10.8. The molecule has 2 aliphatic carbocycles. The van der Waals surface area contributed by atoms with Gasteiger partial charge in [-0.25, -0.2) is 19.2 Å². The third kappa shape index (κ3) is 5.82. The number of fused-ring (bicyclic) bond motifs is 2. The fourth-order valence-electron chi connectivity index (χ4n) is 6.36. The molecule has 2 unspecified atom stereocenters. The van der Waals surface area contributed by atoms with Crippen molar-refractivity contribution in [2.75, 3.05) is 44.5 Å². The predicted molar refractivity (Wildman–Crippen MR) is 148 cm³/mol. The summed E-state index contributed by atoms with van der Waals surface area (Å²) in [5.41, 5.74) is 3.42. The lowest BCUT2D eigenvalue weighted by molar-refractivity contribution is 0.00334. The van der Waals surface area contributed by atoms with Crippen LogP contribution in [0.2, 0.25) is 0 Å². The van der Waals surface area contributed by atoms with Gasteiger partial charge >= 0.3 is 6.09 Å². The smallest absolute Gasteiger partial charge is 0.410 e. The average Bonchev–Trinajstić information content (AvgIpc) is 2.87. The van der Waals surface area contributed by atoms with Crippen LogP contribution in [0, 0.1) is 11.2 Å². The number of amides is 1. The number of rotatable bonds is 4. The first-order valence-corrected chi connectivity index (χ1v) is 15.3. The number of piperazine rings is 1. The zero-order chi connectivity index (χ0) is 27.9. The highest BCUT2D eigenvalue weighted by atomic mass is 32.2. The van der Waals surface area contributed by atoms with Crippen molar-refractivity contribution in [2.24, 2.45) is 5.41 Å². The number of anilines is 1. The first-order valence-electron chi connectivity index (χ1n) is 13.7. The Bertz CT molecular complexity index is 1280. The lowest BCUT2D eigenvalue weighted by Crippen LogP contribution is -2.58. The number of carbonyl (C=O) groups is 1. The molecule has 2 heterocycles. The summed E-state index contributed by atoms with van der Waals surface area (Å²) in [6.45, 7) is 7.54. The Labute approximate surface area is 232 Å². The fourth-order valence-corrected chi connectivity index (χ4v) is 6.81. The van der Waals surface area contributed by atoms with E-state index in [1.165, 1.54) is 0 Å². The summed E-state index contributed by atoms with van der Waals surface area (Å²) < 4.78 is 38.2. The van der Waals surface area contributed by atoms with Gasteiger partial charge in [-0.1, -0.05) is 12.1 Å². The van der Waals surface area contributed by atoms with Crippen molar-refractivity contribution < 1.29 is 22.9 Å². The summed E-state index contributed by atoms with van der Waals surface area (Å²) in [5, 5.41) is 0.334. The first kappa shape index (κ1) is 28.0. The van der Waals surface area contributed by atoms with E-state index >= 15 is 0 Å². The summed E-state index contributed by atoms with van der Waals surface area (Å²) in [6.07, 6.45) is 6.28. The maximum absolute atomic E-state index is 14.4.